The van der Waals surface area contributed by atoms with Gasteiger partial charge in [0.1, 0.15) is 5.69 Å². The molecule has 1 unspecified atom stereocenters. The third kappa shape index (κ3) is 1.69. The lowest BCUT2D eigenvalue weighted by Gasteiger charge is -2.48. The van der Waals surface area contributed by atoms with Gasteiger partial charge in [0.05, 0.1) is 24.0 Å². The van der Waals surface area contributed by atoms with E-state index >= 15 is 0 Å². The van der Waals surface area contributed by atoms with Crippen molar-refractivity contribution in [3.05, 3.63) is 30.3 Å². The second kappa shape index (κ2) is 4.32. The van der Waals surface area contributed by atoms with Gasteiger partial charge in [-0.1, -0.05) is 0 Å². The molecule has 3 saturated carbocycles. The minimum Gasteiger partial charge on any atom is -0.463 e. The summed E-state index contributed by atoms with van der Waals surface area (Å²) in [5.74, 6) is 1.28. The molecule has 1 spiro atoms. The quantitative estimate of drug-likeness (QED) is 0.832. The van der Waals surface area contributed by atoms with E-state index in [0.29, 0.717) is 17.2 Å². The maximum atomic E-state index is 12.6. The van der Waals surface area contributed by atoms with E-state index < -0.39 is 0 Å². The summed E-state index contributed by atoms with van der Waals surface area (Å²) >= 11 is 0. The average molecular weight is 297 g/mol. The zero-order valence-corrected chi connectivity index (χ0v) is 12.3. The molecule has 1 amide bonds. The fourth-order valence-corrected chi connectivity index (χ4v) is 4.71. The smallest absolute Gasteiger partial charge is 0.270 e. The van der Waals surface area contributed by atoms with E-state index in [9.17, 15) is 4.79 Å². The molecule has 2 atom stereocenters. The highest BCUT2D eigenvalue weighted by molar-refractivity contribution is 5.95. The van der Waals surface area contributed by atoms with Crippen LogP contribution in [0.2, 0.25) is 0 Å². The summed E-state index contributed by atoms with van der Waals surface area (Å²) in [4.78, 5) is 16.9. The molecular formula is C17H19N3O2. The lowest BCUT2D eigenvalue weighted by Crippen LogP contribution is -2.60. The first-order valence-corrected chi connectivity index (χ1v) is 8.15. The van der Waals surface area contributed by atoms with Crippen LogP contribution in [0.4, 0.5) is 0 Å². The van der Waals surface area contributed by atoms with Crippen molar-refractivity contribution in [2.24, 2.45) is 11.8 Å². The van der Waals surface area contributed by atoms with E-state index in [1.807, 2.05) is 12.1 Å². The molecule has 4 fully saturated rings. The summed E-state index contributed by atoms with van der Waals surface area (Å²) in [6.45, 7) is 1.05. The average Bonchev–Trinajstić information content (AvgIpc) is 3.18. The van der Waals surface area contributed by atoms with Crippen LogP contribution in [0.5, 0.6) is 0 Å². The van der Waals surface area contributed by atoms with Gasteiger partial charge in [-0.05, 0) is 49.7 Å². The molecule has 5 heteroatoms. The Bertz CT molecular complexity index is 741. The number of aromatic nitrogens is 1. The highest BCUT2D eigenvalue weighted by Crippen LogP contribution is 2.51. The first-order chi connectivity index (χ1) is 10.8. The van der Waals surface area contributed by atoms with Gasteiger partial charge in [-0.15, -0.1) is 0 Å². The fourth-order valence-electron chi connectivity index (χ4n) is 4.71. The minimum atomic E-state index is -0.0614. The number of nitrogens with one attached hydrogen (secondary N) is 2. The summed E-state index contributed by atoms with van der Waals surface area (Å²) in [6, 6.07) is 3.93. The van der Waals surface area contributed by atoms with E-state index in [1.54, 1.807) is 12.5 Å². The van der Waals surface area contributed by atoms with Crippen molar-refractivity contribution in [3.63, 3.8) is 0 Å². The summed E-state index contributed by atoms with van der Waals surface area (Å²) in [7, 11) is 0. The van der Waals surface area contributed by atoms with Gasteiger partial charge >= 0.3 is 0 Å². The molecule has 6 rings (SSSR count). The zero-order chi connectivity index (χ0) is 14.7. The lowest BCUT2D eigenvalue weighted by molar-refractivity contribution is 0.0631. The van der Waals surface area contributed by atoms with E-state index in [1.165, 1.54) is 25.7 Å². The molecule has 1 saturated heterocycles. The Morgan fingerprint density at radius 1 is 1.36 bits per heavy atom. The fraction of sp³-hybridized carbons (Fsp3) is 0.529. The second-order valence-electron chi connectivity index (χ2n) is 6.98. The maximum Gasteiger partial charge on any atom is 0.270 e. The summed E-state index contributed by atoms with van der Waals surface area (Å²) in [6.07, 6.45) is 8.35. The van der Waals surface area contributed by atoms with Gasteiger partial charge in [0.25, 0.3) is 5.91 Å². The predicted octanol–water partition coefficient (Wildman–Crippen LogP) is 2.09. The molecule has 4 aliphatic rings. The molecule has 2 N–H and O–H groups in total. The Morgan fingerprint density at radius 2 is 2.18 bits per heavy atom. The Kier molecular flexibility index (Phi) is 2.48. The molecule has 3 aliphatic carbocycles. The number of amides is 1. The standard InChI is InChI=1S/C17H19N3O2/c21-16(13-7-11-5-6-22-14(11)8-18-13)20-15-10-1-3-12(4-2-10)17(15)9-19-17/h5-8,10,12,15,19H,1-4,9H2,(H,20,21)/t10?,12?,15?,17-/m0/s1. The number of furan rings is 1. The van der Waals surface area contributed by atoms with Crippen LogP contribution in [-0.4, -0.2) is 29.0 Å². The predicted molar refractivity (Wildman–Crippen MR) is 81.4 cm³/mol. The molecule has 2 aromatic heterocycles. The van der Waals surface area contributed by atoms with Crippen LogP contribution < -0.4 is 10.6 Å². The van der Waals surface area contributed by atoms with Crippen LogP contribution in [0.1, 0.15) is 36.2 Å². The van der Waals surface area contributed by atoms with E-state index in [-0.39, 0.29) is 17.5 Å². The molecule has 114 valence electrons. The van der Waals surface area contributed by atoms with Crippen molar-refractivity contribution in [1.29, 1.82) is 0 Å². The summed E-state index contributed by atoms with van der Waals surface area (Å²) in [5, 5.41) is 7.77. The molecule has 2 bridgehead atoms. The number of nitrogens with zero attached hydrogens (tertiary/aromatic N) is 1. The van der Waals surface area contributed by atoms with Gasteiger partial charge in [-0.2, -0.15) is 0 Å². The number of carbonyl (C=O) groups excluding carboxylic acids is 1. The minimum absolute atomic E-state index is 0.0614. The van der Waals surface area contributed by atoms with Gasteiger partial charge in [-0.3, -0.25) is 4.79 Å². The van der Waals surface area contributed by atoms with Crippen LogP contribution in [0, 0.1) is 11.8 Å². The molecule has 1 aliphatic heterocycles. The molecular weight excluding hydrogens is 278 g/mol. The lowest BCUT2D eigenvalue weighted by atomic mass is 9.61. The zero-order valence-electron chi connectivity index (χ0n) is 12.3. The normalized spacial score (nSPS) is 35.9. The van der Waals surface area contributed by atoms with Crippen LogP contribution in [0.3, 0.4) is 0 Å². The number of hydrogen-bond donors (Lipinski definition) is 2. The third-order valence-electron chi connectivity index (χ3n) is 5.97. The number of pyridine rings is 1. The number of carbonyl (C=O) groups is 1. The largest absolute Gasteiger partial charge is 0.463 e. The van der Waals surface area contributed by atoms with Crippen LogP contribution >= 0.6 is 0 Å². The molecule has 3 heterocycles. The number of rotatable bonds is 2. The molecule has 0 aromatic carbocycles. The first kappa shape index (κ1) is 12.6. The summed E-state index contributed by atoms with van der Waals surface area (Å²) in [5.41, 5.74) is 1.37. The SMILES string of the molecule is O=C(NC1C2CCC(CC2)[C@@]12CN2)c1cc2ccoc2cn1. The topological polar surface area (TPSA) is 77.1 Å². The van der Waals surface area contributed by atoms with Gasteiger partial charge in [0.2, 0.25) is 0 Å². The molecule has 0 radical (unpaired) electrons. The van der Waals surface area contributed by atoms with Crippen molar-refractivity contribution < 1.29 is 9.21 Å². The third-order valence-corrected chi connectivity index (χ3v) is 5.97. The van der Waals surface area contributed by atoms with E-state index in [4.69, 9.17) is 4.42 Å². The second-order valence-corrected chi connectivity index (χ2v) is 6.98. The van der Waals surface area contributed by atoms with Crippen molar-refractivity contribution in [3.8, 4) is 0 Å². The van der Waals surface area contributed by atoms with Gasteiger partial charge < -0.3 is 15.1 Å². The van der Waals surface area contributed by atoms with Crippen molar-refractivity contribution in [2.75, 3.05) is 6.54 Å². The monoisotopic (exact) mass is 297 g/mol. The Hall–Kier alpha value is -1.88. The molecule has 2 aromatic rings. The first-order valence-electron chi connectivity index (χ1n) is 8.15. The van der Waals surface area contributed by atoms with Crippen molar-refractivity contribution >= 4 is 16.9 Å². The van der Waals surface area contributed by atoms with Crippen LogP contribution in [0.15, 0.2) is 29.0 Å². The Labute approximate surface area is 128 Å². The highest BCUT2D eigenvalue weighted by atomic mass is 16.3. The Morgan fingerprint density at radius 3 is 2.95 bits per heavy atom. The van der Waals surface area contributed by atoms with Gasteiger partial charge in [0.15, 0.2) is 5.58 Å². The summed E-state index contributed by atoms with van der Waals surface area (Å²) < 4.78 is 5.28. The number of fused-ring (bicyclic) bond motifs is 3. The Balaban J connectivity index is 1.42. The van der Waals surface area contributed by atoms with Crippen LogP contribution in [0.25, 0.3) is 11.0 Å². The maximum absolute atomic E-state index is 12.6. The molecule has 22 heavy (non-hydrogen) atoms. The van der Waals surface area contributed by atoms with Crippen molar-refractivity contribution in [2.45, 2.75) is 37.3 Å². The highest BCUT2D eigenvalue weighted by Gasteiger charge is 2.61. The van der Waals surface area contributed by atoms with Gasteiger partial charge in [-0.25, -0.2) is 4.98 Å². The van der Waals surface area contributed by atoms with E-state index in [0.717, 1.165) is 17.8 Å². The van der Waals surface area contributed by atoms with Crippen LogP contribution in [-0.2, 0) is 0 Å². The number of hydrogen-bond acceptors (Lipinski definition) is 4. The van der Waals surface area contributed by atoms with Gasteiger partial charge in [0, 0.05) is 11.9 Å². The molecule has 5 nitrogen and oxygen atoms in total. The van der Waals surface area contributed by atoms with E-state index in [2.05, 4.69) is 15.6 Å². The van der Waals surface area contributed by atoms with Crippen molar-refractivity contribution in [1.82, 2.24) is 15.6 Å².